The van der Waals surface area contributed by atoms with Crippen LogP contribution in [0.4, 0.5) is 0 Å². The van der Waals surface area contributed by atoms with Gasteiger partial charge in [0.25, 0.3) is 0 Å². The summed E-state index contributed by atoms with van der Waals surface area (Å²) in [7, 11) is 1.42. The van der Waals surface area contributed by atoms with Gasteiger partial charge < -0.3 is 10.1 Å². The number of methoxy groups -OCH3 is 1. The number of ether oxygens (including phenoxy) is 1. The topological polar surface area (TPSA) is 56.2 Å². The molecule has 0 fully saturated rings. The van der Waals surface area contributed by atoms with Crippen LogP contribution in [0.5, 0.6) is 0 Å². The lowest BCUT2D eigenvalue weighted by Crippen LogP contribution is -2.38. The van der Waals surface area contributed by atoms with Crippen molar-refractivity contribution in [3.63, 3.8) is 0 Å². The first-order chi connectivity index (χ1) is 9.76. The van der Waals surface area contributed by atoms with Crippen LogP contribution in [0.25, 0.3) is 10.9 Å². The van der Waals surface area contributed by atoms with E-state index >= 15 is 0 Å². The number of hydrogen-bond acceptors (Lipinski definition) is 4. The number of nitrogens with zero attached hydrogens (tertiary/aromatic N) is 2. The molecule has 0 saturated heterocycles. The number of aryl methyl sites for hydroxylation is 1. The highest BCUT2D eigenvalue weighted by Gasteiger charge is 2.18. The molecule has 20 heavy (non-hydrogen) atoms. The molecule has 0 amide bonds. The number of nitrogens with one attached hydrogen (secondary N) is 1. The number of rotatable bonds is 7. The molecule has 1 N–H and O–H groups in total. The van der Waals surface area contributed by atoms with Gasteiger partial charge in [0.15, 0.2) is 0 Å². The average Bonchev–Trinajstić information content (AvgIpc) is 2.90. The van der Waals surface area contributed by atoms with Crippen molar-refractivity contribution in [3.8, 4) is 0 Å². The number of aromatic nitrogens is 2. The Hall–Kier alpha value is -1.88. The van der Waals surface area contributed by atoms with Crippen molar-refractivity contribution in [1.29, 1.82) is 0 Å². The van der Waals surface area contributed by atoms with Crippen molar-refractivity contribution in [2.45, 2.75) is 32.4 Å². The summed E-state index contributed by atoms with van der Waals surface area (Å²) < 4.78 is 6.77. The summed E-state index contributed by atoms with van der Waals surface area (Å²) in [6, 6.07) is 7.78. The minimum atomic E-state index is -0.275. The van der Waals surface area contributed by atoms with E-state index in [2.05, 4.69) is 17.3 Å². The highest BCUT2D eigenvalue weighted by atomic mass is 16.5. The van der Waals surface area contributed by atoms with Gasteiger partial charge in [0, 0.05) is 11.9 Å². The van der Waals surface area contributed by atoms with Gasteiger partial charge in [0.1, 0.15) is 6.04 Å². The third-order valence-corrected chi connectivity index (χ3v) is 3.31. The van der Waals surface area contributed by atoms with Crippen LogP contribution in [0.1, 0.15) is 19.8 Å². The second-order valence-corrected chi connectivity index (χ2v) is 4.75. The molecule has 2 aromatic rings. The Morgan fingerprint density at radius 3 is 3.00 bits per heavy atom. The van der Waals surface area contributed by atoms with E-state index in [0.717, 1.165) is 23.9 Å². The van der Waals surface area contributed by atoms with Gasteiger partial charge in [-0.2, -0.15) is 5.10 Å². The Labute approximate surface area is 118 Å². The number of benzene rings is 1. The Balaban J connectivity index is 2.03. The van der Waals surface area contributed by atoms with Crippen molar-refractivity contribution in [2.24, 2.45) is 0 Å². The SMILES string of the molecule is CCCNC(CCn1ncc2ccccc21)C(=O)OC. The molecule has 1 atom stereocenters. The lowest BCUT2D eigenvalue weighted by Gasteiger charge is -2.16. The Kier molecular flexibility index (Phi) is 5.12. The van der Waals surface area contributed by atoms with Crippen molar-refractivity contribution in [2.75, 3.05) is 13.7 Å². The number of carbonyl (C=O) groups is 1. The molecule has 5 heteroatoms. The molecule has 2 rings (SSSR count). The van der Waals surface area contributed by atoms with E-state index in [4.69, 9.17) is 4.74 Å². The summed E-state index contributed by atoms with van der Waals surface area (Å²) in [6.07, 6.45) is 3.50. The number of esters is 1. The minimum Gasteiger partial charge on any atom is -0.468 e. The molecule has 0 aliphatic carbocycles. The zero-order valence-corrected chi connectivity index (χ0v) is 12.0. The molecule has 5 nitrogen and oxygen atoms in total. The third-order valence-electron chi connectivity index (χ3n) is 3.31. The highest BCUT2D eigenvalue weighted by molar-refractivity contribution is 5.78. The molecule has 0 spiro atoms. The van der Waals surface area contributed by atoms with Crippen molar-refractivity contribution in [3.05, 3.63) is 30.5 Å². The predicted molar refractivity (Wildman–Crippen MR) is 78.4 cm³/mol. The molecular formula is C15H21N3O2. The van der Waals surface area contributed by atoms with E-state index in [0.29, 0.717) is 13.0 Å². The number of hydrogen-bond donors (Lipinski definition) is 1. The molecule has 1 aromatic heterocycles. The van der Waals surface area contributed by atoms with Crippen molar-refractivity contribution < 1.29 is 9.53 Å². The second kappa shape index (κ2) is 7.05. The van der Waals surface area contributed by atoms with E-state index in [9.17, 15) is 4.79 Å². The van der Waals surface area contributed by atoms with Gasteiger partial charge in [-0.25, -0.2) is 0 Å². The first-order valence-corrected chi connectivity index (χ1v) is 6.98. The van der Waals surface area contributed by atoms with E-state index in [1.807, 2.05) is 35.1 Å². The third kappa shape index (κ3) is 3.36. The highest BCUT2D eigenvalue weighted by Crippen LogP contribution is 2.13. The van der Waals surface area contributed by atoms with E-state index in [-0.39, 0.29) is 12.0 Å². The van der Waals surface area contributed by atoms with Gasteiger partial charge in [0.05, 0.1) is 18.8 Å². The van der Waals surface area contributed by atoms with Gasteiger partial charge in [-0.1, -0.05) is 25.1 Å². The van der Waals surface area contributed by atoms with Crippen LogP contribution in [0.15, 0.2) is 30.5 Å². The molecule has 0 aliphatic rings. The Morgan fingerprint density at radius 2 is 2.25 bits per heavy atom. The van der Waals surface area contributed by atoms with Gasteiger partial charge in [-0.05, 0) is 25.5 Å². The summed E-state index contributed by atoms with van der Waals surface area (Å²) >= 11 is 0. The summed E-state index contributed by atoms with van der Waals surface area (Å²) in [5.74, 6) is -0.213. The minimum absolute atomic E-state index is 0.213. The van der Waals surface area contributed by atoms with Crippen molar-refractivity contribution >= 4 is 16.9 Å². The quantitative estimate of drug-likeness (QED) is 0.785. The fourth-order valence-electron chi connectivity index (χ4n) is 2.22. The molecule has 0 aliphatic heterocycles. The van der Waals surface area contributed by atoms with Crippen LogP contribution in [-0.2, 0) is 16.1 Å². The Morgan fingerprint density at radius 1 is 1.45 bits per heavy atom. The Bertz CT molecular complexity index is 565. The van der Waals surface area contributed by atoms with Gasteiger partial charge in [-0.3, -0.25) is 9.48 Å². The first-order valence-electron chi connectivity index (χ1n) is 6.98. The summed E-state index contributed by atoms with van der Waals surface area (Å²) in [5.41, 5.74) is 1.09. The summed E-state index contributed by atoms with van der Waals surface area (Å²) in [6.45, 7) is 3.56. The molecule has 108 valence electrons. The molecular weight excluding hydrogens is 254 g/mol. The largest absolute Gasteiger partial charge is 0.468 e. The van der Waals surface area contributed by atoms with Crippen molar-refractivity contribution in [1.82, 2.24) is 15.1 Å². The van der Waals surface area contributed by atoms with E-state index in [1.54, 1.807) is 0 Å². The second-order valence-electron chi connectivity index (χ2n) is 4.75. The molecule has 1 heterocycles. The lowest BCUT2D eigenvalue weighted by molar-refractivity contribution is -0.143. The fourth-order valence-corrected chi connectivity index (χ4v) is 2.22. The van der Waals surface area contributed by atoms with Crippen LogP contribution in [0, 0.1) is 0 Å². The predicted octanol–water partition coefficient (Wildman–Crippen LogP) is 1.97. The van der Waals surface area contributed by atoms with Crippen LogP contribution in [0.2, 0.25) is 0 Å². The molecule has 0 radical (unpaired) electrons. The molecule has 0 bridgehead atoms. The number of fused-ring (bicyclic) bond motifs is 1. The maximum Gasteiger partial charge on any atom is 0.322 e. The monoisotopic (exact) mass is 275 g/mol. The van der Waals surface area contributed by atoms with Gasteiger partial charge in [0.2, 0.25) is 0 Å². The fraction of sp³-hybridized carbons (Fsp3) is 0.467. The van der Waals surface area contributed by atoms with E-state index in [1.165, 1.54) is 7.11 Å². The molecule has 1 aromatic carbocycles. The normalized spacial score (nSPS) is 12.5. The summed E-state index contributed by atoms with van der Waals surface area (Å²) in [5, 5.41) is 8.70. The van der Waals surface area contributed by atoms with Gasteiger partial charge >= 0.3 is 5.97 Å². The van der Waals surface area contributed by atoms with Crippen LogP contribution >= 0.6 is 0 Å². The molecule has 0 saturated carbocycles. The average molecular weight is 275 g/mol. The maximum atomic E-state index is 11.7. The number of para-hydroxylation sites is 1. The first kappa shape index (κ1) is 14.5. The van der Waals surface area contributed by atoms with Crippen LogP contribution < -0.4 is 5.32 Å². The van der Waals surface area contributed by atoms with Crippen LogP contribution in [-0.4, -0.2) is 35.4 Å². The number of carbonyl (C=O) groups excluding carboxylic acids is 1. The molecule has 1 unspecified atom stereocenters. The zero-order valence-electron chi connectivity index (χ0n) is 12.0. The van der Waals surface area contributed by atoms with Gasteiger partial charge in [-0.15, -0.1) is 0 Å². The zero-order chi connectivity index (χ0) is 14.4. The van der Waals surface area contributed by atoms with E-state index < -0.39 is 0 Å². The van der Waals surface area contributed by atoms with Crippen LogP contribution in [0.3, 0.4) is 0 Å². The lowest BCUT2D eigenvalue weighted by atomic mass is 10.2. The smallest absolute Gasteiger partial charge is 0.322 e. The standard InChI is InChI=1S/C15H21N3O2/c1-3-9-16-13(15(19)20-2)8-10-18-14-7-5-4-6-12(14)11-17-18/h4-7,11,13,16H,3,8-10H2,1-2H3. The maximum absolute atomic E-state index is 11.7. The summed E-state index contributed by atoms with van der Waals surface area (Å²) in [4.78, 5) is 11.7.